The number of hydrogen-bond donors (Lipinski definition) is 1. The van der Waals surface area contributed by atoms with Crippen molar-refractivity contribution >= 4 is 33.2 Å². The highest BCUT2D eigenvalue weighted by atomic mass is 79.9. The molecule has 0 heterocycles. The average molecular weight is 327 g/mol. The summed E-state index contributed by atoms with van der Waals surface area (Å²) in [6.45, 7) is 1.02. The molecule has 2 aromatic carbocycles. The molecule has 0 fully saturated rings. The van der Waals surface area contributed by atoms with Crippen molar-refractivity contribution in [1.82, 2.24) is 0 Å². The summed E-state index contributed by atoms with van der Waals surface area (Å²) < 4.78 is 6.60. The molecule has 0 aliphatic rings. The lowest BCUT2D eigenvalue weighted by Crippen LogP contribution is -1.98. The van der Waals surface area contributed by atoms with Crippen molar-refractivity contribution < 1.29 is 4.74 Å². The molecule has 0 saturated heterocycles. The molecule has 4 heteroatoms. The van der Waals surface area contributed by atoms with Gasteiger partial charge in [-0.3, -0.25) is 0 Å². The van der Waals surface area contributed by atoms with Crippen molar-refractivity contribution in [3.05, 3.63) is 63.1 Å². The molecule has 0 unspecified atom stereocenters. The Morgan fingerprint density at radius 2 is 1.94 bits per heavy atom. The number of anilines is 1. The van der Waals surface area contributed by atoms with Gasteiger partial charge >= 0.3 is 0 Å². The second-order valence-corrected chi connectivity index (χ2v) is 5.32. The Labute approximate surface area is 120 Å². The smallest absolute Gasteiger partial charge is 0.0741 e. The zero-order valence-electron chi connectivity index (χ0n) is 9.70. The van der Waals surface area contributed by atoms with Crippen LogP contribution in [0, 0.1) is 0 Å². The predicted octanol–water partition coefficient (Wildman–Crippen LogP) is 4.40. The van der Waals surface area contributed by atoms with E-state index in [1.165, 1.54) is 0 Å². The number of hydrogen-bond acceptors (Lipinski definition) is 2. The van der Waals surface area contributed by atoms with E-state index in [9.17, 15) is 0 Å². The molecule has 2 aromatic rings. The molecule has 0 spiro atoms. The van der Waals surface area contributed by atoms with Crippen molar-refractivity contribution in [2.75, 3.05) is 5.73 Å². The molecule has 94 valence electrons. The second kappa shape index (κ2) is 6.23. The minimum atomic E-state index is 0.492. The lowest BCUT2D eigenvalue weighted by atomic mass is 10.2. The van der Waals surface area contributed by atoms with E-state index in [2.05, 4.69) is 15.9 Å². The molecular weight excluding hydrogens is 314 g/mol. The second-order valence-electron chi connectivity index (χ2n) is 3.97. The number of nitrogens with two attached hydrogens (primary N) is 1. The predicted molar refractivity (Wildman–Crippen MR) is 78.5 cm³/mol. The third kappa shape index (κ3) is 3.73. The van der Waals surface area contributed by atoms with Crippen LogP contribution in [0.4, 0.5) is 5.69 Å². The molecule has 18 heavy (non-hydrogen) atoms. The summed E-state index contributed by atoms with van der Waals surface area (Å²) in [5.41, 5.74) is 8.67. The van der Waals surface area contributed by atoms with Gasteiger partial charge < -0.3 is 10.5 Å². The third-order valence-corrected chi connectivity index (χ3v) is 3.25. The zero-order valence-corrected chi connectivity index (χ0v) is 12.0. The van der Waals surface area contributed by atoms with Gasteiger partial charge in [-0.15, -0.1) is 0 Å². The van der Waals surface area contributed by atoms with Gasteiger partial charge in [-0.2, -0.15) is 0 Å². The summed E-state index contributed by atoms with van der Waals surface area (Å²) in [6.07, 6.45) is 0. The van der Waals surface area contributed by atoms with E-state index in [0.29, 0.717) is 13.2 Å². The number of benzene rings is 2. The van der Waals surface area contributed by atoms with Crippen LogP contribution in [0.25, 0.3) is 0 Å². The van der Waals surface area contributed by atoms with Crippen molar-refractivity contribution in [2.24, 2.45) is 0 Å². The van der Waals surface area contributed by atoms with Crippen molar-refractivity contribution in [3.8, 4) is 0 Å². The van der Waals surface area contributed by atoms with E-state index < -0.39 is 0 Å². The minimum absolute atomic E-state index is 0.492. The fourth-order valence-electron chi connectivity index (χ4n) is 1.60. The third-order valence-electron chi connectivity index (χ3n) is 2.52. The Kier molecular flexibility index (Phi) is 4.64. The van der Waals surface area contributed by atoms with Crippen LogP contribution in [-0.2, 0) is 18.0 Å². The molecule has 2 nitrogen and oxygen atoms in total. The van der Waals surface area contributed by atoms with E-state index >= 15 is 0 Å². The lowest BCUT2D eigenvalue weighted by molar-refractivity contribution is 0.107. The van der Waals surface area contributed by atoms with Crippen molar-refractivity contribution in [2.45, 2.75) is 13.2 Å². The Balaban J connectivity index is 1.92. The molecule has 2 rings (SSSR count). The summed E-state index contributed by atoms with van der Waals surface area (Å²) in [5, 5.41) is 0.722. The van der Waals surface area contributed by atoms with Gasteiger partial charge in [0.15, 0.2) is 0 Å². The topological polar surface area (TPSA) is 35.2 Å². The first-order chi connectivity index (χ1) is 8.65. The number of ether oxygens (including phenoxy) is 1. The first kappa shape index (κ1) is 13.4. The fraction of sp³-hybridized carbons (Fsp3) is 0.143. The monoisotopic (exact) mass is 325 g/mol. The molecule has 0 aliphatic carbocycles. The lowest BCUT2D eigenvalue weighted by Gasteiger charge is -2.08. The van der Waals surface area contributed by atoms with Gasteiger partial charge in [0.1, 0.15) is 0 Å². The van der Waals surface area contributed by atoms with Gasteiger partial charge in [0.05, 0.1) is 13.2 Å². The van der Waals surface area contributed by atoms with Gasteiger partial charge in [0, 0.05) is 20.7 Å². The normalized spacial score (nSPS) is 10.6. The first-order valence-corrected chi connectivity index (χ1v) is 6.68. The summed E-state index contributed by atoms with van der Waals surface area (Å²) >= 11 is 9.28. The molecule has 2 N–H and O–H groups in total. The number of nitrogen functional groups attached to an aromatic ring is 1. The van der Waals surface area contributed by atoms with Crippen LogP contribution in [0.2, 0.25) is 5.02 Å². The SMILES string of the molecule is Nc1cc(Br)ccc1COCc1cccc(Cl)c1. The van der Waals surface area contributed by atoms with Crippen LogP contribution < -0.4 is 5.73 Å². The van der Waals surface area contributed by atoms with Crippen molar-refractivity contribution in [3.63, 3.8) is 0 Å². The summed E-state index contributed by atoms with van der Waals surface area (Å²) in [4.78, 5) is 0. The van der Waals surface area contributed by atoms with Crippen LogP contribution in [0.1, 0.15) is 11.1 Å². The van der Waals surface area contributed by atoms with Gasteiger partial charge in [-0.05, 0) is 29.8 Å². The van der Waals surface area contributed by atoms with Gasteiger partial charge in [0.25, 0.3) is 0 Å². The van der Waals surface area contributed by atoms with Crippen LogP contribution in [-0.4, -0.2) is 0 Å². The number of halogens is 2. The quantitative estimate of drug-likeness (QED) is 0.845. The van der Waals surface area contributed by atoms with Crippen molar-refractivity contribution in [1.29, 1.82) is 0 Å². The highest BCUT2D eigenvalue weighted by Gasteiger charge is 2.01. The molecule has 0 amide bonds. The van der Waals surface area contributed by atoms with Crippen LogP contribution in [0.3, 0.4) is 0 Å². The highest BCUT2D eigenvalue weighted by molar-refractivity contribution is 9.10. The van der Waals surface area contributed by atoms with E-state index in [1.807, 2.05) is 42.5 Å². The summed E-state index contributed by atoms with van der Waals surface area (Å²) in [6, 6.07) is 13.4. The highest BCUT2D eigenvalue weighted by Crippen LogP contribution is 2.20. The van der Waals surface area contributed by atoms with Crippen LogP contribution in [0.15, 0.2) is 46.9 Å². The Hall–Kier alpha value is -1.03. The van der Waals surface area contributed by atoms with E-state index in [4.69, 9.17) is 22.1 Å². The van der Waals surface area contributed by atoms with E-state index in [0.717, 1.165) is 26.3 Å². The average Bonchev–Trinajstić information content (AvgIpc) is 2.32. The minimum Gasteiger partial charge on any atom is -0.398 e. The number of rotatable bonds is 4. The standard InChI is InChI=1S/C14H13BrClNO/c15-12-5-4-11(14(17)7-12)9-18-8-10-2-1-3-13(16)6-10/h1-7H,8-9,17H2. The van der Waals surface area contributed by atoms with Gasteiger partial charge in [-0.25, -0.2) is 0 Å². The molecule has 0 bridgehead atoms. The van der Waals surface area contributed by atoms with E-state index in [1.54, 1.807) is 0 Å². The largest absolute Gasteiger partial charge is 0.398 e. The maximum absolute atomic E-state index is 5.90. The maximum atomic E-state index is 5.90. The molecule has 0 atom stereocenters. The summed E-state index contributed by atoms with van der Waals surface area (Å²) in [5.74, 6) is 0. The zero-order chi connectivity index (χ0) is 13.0. The summed E-state index contributed by atoms with van der Waals surface area (Å²) in [7, 11) is 0. The first-order valence-electron chi connectivity index (χ1n) is 5.51. The van der Waals surface area contributed by atoms with Gasteiger partial charge in [0.2, 0.25) is 0 Å². The molecule has 0 aliphatic heterocycles. The Bertz CT molecular complexity index is 545. The van der Waals surface area contributed by atoms with Crippen LogP contribution in [0.5, 0.6) is 0 Å². The fourth-order valence-corrected chi connectivity index (χ4v) is 2.19. The molecule has 0 aromatic heterocycles. The Morgan fingerprint density at radius 3 is 2.67 bits per heavy atom. The van der Waals surface area contributed by atoms with E-state index in [-0.39, 0.29) is 0 Å². The maximum Gasteiger partial charge on any atom is 0.0741 e. The molecule has 0 saturated carbocycles. The van der Waals surface area contributed by atoms with Crippen LogP contribution >= 0.6 is 27.5 Å². The Morgan fingerprint density at radius 1 is 1.11 bits per heavy atom. The molecule has 0 radical (unpaired) electrons. The molecular formula is C14H13BrClNO. The van der Waals surface area contributed by atoms with Gasteiger partial charge in [-0.1, -0.05) is 45.7 Å².